The number of nitrogens with zero attached hydrogens (tertiary/aromatic N) is 1. The predicted octanol–water partition coefficient (Wildman–Crippen LogP) is 0.0150. The lowest BCUT2D eigenvalue weighted by Crippen LogP contribution is -3.11. The van der Waals surface area contributed by atoms with Crippen LogP contribution in [-0.2, 0) is 18.6 Å². The highest BCUT2D eigenvalue weighted by Crippen LogP contribution is 2.31. The largest absolute Gasteiger partial charge is 0.566 e. The number of carbonyl (C=O) groups is 1. The second-order valence-electron chi connectivity index (χ2n) is 7.52. The molecule has 0 saturated carbocycles. The zero-order valence-electron chi connectivity index (χ0n) is 19.5. The van der Waals surface area contributed by atoms with E-state index in [9.17, 15) is 23.8 Å². The summed E-state index contributed by atoms with van der Waals surface area (Å²) in [6, 6.07) is 9.38. The first-order chi connectivity index (χ1) is 16.3. The number of nitrogens with one attached hydrogen (secondary N) is 2. The molecular weight excluding hydrogens is 465 g/mol. The number of quaternary nitrogens is 1. The van der Waals surface area contributed by atoms with Crippen molar-refractivity contribution in [1.29, 1.82) is 0 Å². The molecule has 3 rings (SSSR count). The third-order valence-corrected chi connectivity index (χ3v) is 5.81. The Morgan fingerprint density at radius 3 is 2.35 bits per heavy atom. The predicted molar refractivity (Wildman–Crippen MR) is 122 cm³/mol. The van der Waals surface area contributed by atoms with Crippen molar-refractivity contribution in [3.05, 3.63) is 69.0 Å². The molecule has 1 aliphatic heterocycles. The van der Waals surface area contributed by atoms with Crippen LogP contribution in [0.5, 0.6) is 0 Å². The summed E-state index contributed by atoms with van der Waals surface area (Å²) in [4.78, 5) is 49.9. The Morgan fingerprint density at radius 1 is 1.18 bits per heavy atom. The second-order valence-corrected chi connectivity index (χ2v) is 8.23. The van der Waals surface area contributed by atoms with E-state index in [1.165, 1.54) is 25.8 Å². The number of carbonyl (C=O) groups excluding carboxylic acids is 1. The lowest BCUT2D eigenvalue weighted by atomic mass is 10.1. The highest BCUT2D eigenvalue weighted by Gasteiger charge is 2.40. The maximum absolute atomic E-state index is 12.3. The molecule has 1 aliphatic rings. The van der Waals surface area contributed by atoms with Gasteiger partial charge in [0.15, 0.2) is 0 Å². The third kappa shape index (κ3) is 8.27. The summed E-state index contributed by atoms with van der Waals surface area (Å²) in [7, 11) is -3.12. The summed E-state index contributed by atoms with van der Waals surface area (Å²) in [6.45, 7) is 10.1. The Morgan fingerprint density at radius 2 is 1.82 bits per heavy atom. The van der Waals surface area contributed by atoms with Crippen LogP contribution in [-0.4, -0.2) is 54.0 Å². The molecule has 1 unspecified atom stereocenters. The standard InChI is InChI=1S/C16H15N2O8P.C6H15N/c19-13-6-7-18(16(21)17-13)14-8-11(12(25-14)9-24-27(22)23)26-15(20)10-4-2-1-3-5-10;1-4-7(5-2)6-3/h1-7,11-12,14H,8-9H2,(H,17,19,21);4-6H2,1-3H3/p+1/t11-,12+,14+;/m0./s1. The number of rotatable bonds is 9. The lowest BCUT2D eigenvalue weighted by Gasteiger charge is -2.16. The second kappa shape index (κ2) is 13.9. The van der Waals surface area contributed by atoms with E-state index in [1.54, 1.807) is 35.2 Å². The average Bonchev–Trinajstić information content (AvgIpc) is 3.22. The highest BCUT2D eigenvalue weighted by atomic mass is 31.1. The van der Waals surface area contributed by atoms with Crippen molar-refractivity contribution < 1.29 is 33.2 Å². The number of H-pyrrole nitrogens is 1. The average molecular weight is 496 g/mol. The molecule has 2 heterocycles. The SMILES string of the molecule is CC[NH+](CC)CC.O=C(O[C@H]1C[C@H](n2ccc(=O)[nH]c2=O)O[C@@H]1CO[P+](=O)[O-])c1ccccc1. The molecule has 1 aromatic carbocycles. The van der Waals surface area contributed by atoms with E-state index in [2.05, 4.69) is 30.3 Å². The van der Waals surface area contributed by atoms with Crippen molar-refractivity contribution in [1.82, 2.24) is 9.55 Å². The van der Waals surface area contributed by atoms with Crippen LogP contribution in [0.4, 0.5) is 0 Å². The van der Waals surface area contributed by atoms with Gasteiger partial charge in [0.2, 0.25) is 0 Å². The molecule has 0 bridgehead atoms. The third-order valence-electron chi connectivity index (χ3n) is 5.45. The minimum Gasteiger partial charge on any atom is -0.566 e. The van der Waals surface area contributed by atoms with E-state index in [4.69, 9.17) is 9.47 Å². The van der Waals surface area contributed by atoms with Crippen molar-refractivity contribution in [3.63, 3.8) is 0 Å². The molecule has 34 heavy (non-hydrogen) atoms. The number of aromatic amines is 1. The summed E-state index contributed by atoms with van der Waals surface area (Å²) in [6.07, 6.45) is -1.29. The van der Waals surface area contributed by atoms with E-state index in [-0.39, 0.29) is 13.0 Å². The zero-order chi connectivity index (χ0) is 25.1. The summed E-state index contributed by atoms with van der Waals surface area (Å²) in [5, 5.41) is 0. The maximum atomic E-state index is 12.3. The monoisotopic (exact) mass is 496 g/mol. The molecule has 11 nitrogen and oxygen atoms in total. The molecule has 4 atom stereocenters. The van der Waals surface area contributed by atoms with Crippen LogP contribution >= 0.6 is 8.25 Å². The summed E-state index contributed by atoms with van der Waals surface area (Å²) < 4.78 is 27.5. The molecule has 12 heteroatoms. The van der Waals surface area contributed by atoms with Gasteiger partial charge in [0.25, 0.3) is 5.56 Å². The van der Waals surface area contributed by atoms with Gasteiger partial charge in [0.05, 0.1) is 25.2 Å². The number of hydrogen-bond acceptors (Lipinski definition) is 8. The van der Waals surface area contributed by atoms with Crippen LogP contribution in [0, 0.1) is 0 Å². The Balaban J connectivity index is 0.000000509. The Kier molecular flexibility index (Phi) is 11.2. The minimum atomic E-state index is -3.12. The molecule has 0 aliphatic carbocycles. The maximum Gasteiger partial charge on any atom is 0.488 e. The van der Waals surface area contributed by atoms with Gasteiger partial charge in [-0.05, 0) is 37.5 Å². The fourth-order valence-corrected chi connectivity index (χ4v) is 3.73. The van der Waals surface area contributed by atoms with Crippen molar-refractivity contribution in [3.8, 4) is 0 Å². The normalized spacial score (nSPS) is 19.9. The van der Waals surface area contributed by atoms with Gasteiger partial charge in [-0.25, -0.2) is 9.59 Å². The first-order valence-electron chi connectivity index (χ1n) is 11.1. The summed E-state index contributed by atoms with van der Waals surface area (Å²) in [5.41, 5.74) is -0.946. The molecule has 1 fully saturated rings. The van der Waals surface area contributed by atoms with E-state index < -0.39 is 43.9 Å². The summed E-state index contributed by atoms with van der Waals surface area (Å²) >= 11 is 0. The molecule has 0 amide bonds. The topological polar surface area (TPSA) is 144 Å². The first-order valence-corrected chi connectivity index (χ1v) is 12.2. The van der Waals surface area contributed by atoms with E-state index in [0.717, 1.165) is 10.6 Å². The van der Waals surface area contributed by atoms with E-state index >= 15 is 0 Å². The van der Waals surface area contributed by atoms with Gasteiger partial charge < -0.3 is 19.3 Å². The fraction of sp³-hybridized carbons (Fsp3) is 0.500. The lowest BCUT2D eigenvalue weighted by molar-refractivity contribution is -0.894. The summed E-state index contributed by atoms with van der Waals surface area (Å²) in [5.74, 6) is -0.616. The van der Waals surface area contributed by atoms with E-state index in [1.807, 2.05) is 0 Å². The zero-order valence-corrected chi connectivity index (χ0v) is 20.4. The fourth-order valence-electron chi connectivity index (χ4n) is 3.46. The Bertz CT molecular complexity index is 1030. The van der Waals surface area contributed by atoms with Crippen LogP contribution < -0.4 is 21.0 Å². The quantitative estimate of drug-likeness (QED) is 0.365. The Labute approximate surface area is 198 Å². The molecule has 0 spiro atoms. The van der Waals surface area contributed by atoms with Crippen LogP contribution in [0.25, 0.3) is 0 Å². The van der Waals surface area contributed by atoms with Crippen LogP contribution in [0.3, 0.4) is 0 Å². The van der Waals surface area contributed by atoms with Gasteiger partial charge in [-0.3, -0.25) is 14.3 Å². The number of esters is 1. The molecular formula is C22H31N3O8P+. The molecule has 186 valence electrons. The van der Waals surface area contributed by atoms with Crippen LogP contribution in [0.15, 0.2) is 52.2 Å². The van der Waals surface area contributed by atoms with Crippen molar-refractivity contribution in [2.24, 2.45) is 0 Å². The minimum absolute atomic E-state index is 0.0776. The van der Waals surface area contributed by atoms with Crippen LogP contribution in [0.2, 0.25) is 0 Å². The Hall–Kier alpha value is -2.69. The van der Waals surface area contributed by atoms with Gasteiger partial charge in [-0.2, -0.15) is 0 Å². The van der Waals surface area contributed by atoms with E-state index in [0.29, 0.717) is 5.56 Å². The molecule has 0 radical (unpaired) electrons. The highest BCUT2D eigenvalue weighted by molar-refractivity contribution is 7.30. The van der Waals surface area contributed by atoms with Gasteiger partial charge in [0.1, 0.15) is 25.0 Å². The molecule has 2 aromatic rings. The van der Waals surface area contributed by atoms with Crippen molar-refractivity contribution >= 4 is 14.2 Å². The van der Waals surface area contributed by atoms with Crippen molar-refractivity contribution in [2.75, 3.05) is 26.2 Å². The number of ether oxygens (including phenoxy) is 2. The van der Waals surface area contributed by atoms with Gasteiger partial charge in [0, 0.05) is 18.7 Å². The van der Waals surface area contributed by atoms with Crippen LogP contribution in [0.1, 0.15) is 43.8 Å². The van der Waals surface area contributed by atoms with Gasteiger partial charge in [-0.1, -0.05) is 18.2 Å². The smallest absolute Gasteiger partial charge is 0.488 e. The molecule has 2 N–H and O–H groups in total. The number of aromatic nitrogens is 2. The van der Waals surface area contributed by atoms with Gasteiger partial charge >= 0.3 is 19.9 Å². The first kappa shape index (κ1) is 27.6. The molecule has 1 saturated heterocycles. The molecule has 1 aromatic heterocycles. The van der Waals surface area contributed by atoms with Crippen molar-refractivity contribution in [2.45, 2.75) is 45.6 Å². The number of benzene rings is 1. The van der Waals surface area contributed by atoms with Gasteiger partial charge in [-0.15, -0.1) is 4.52 Å². The number of hydrogen-bond donors (Lipinski definition) is 2.